The average Bonchev–Trinajstić information content (AvgIpc) is 2.05. The average molecular weight is 206 g/mol. The van der Waals surface area contributed by atoms with E-state index in [0.717, 1.165) is 12.8 Å². The van der Waals surface area contributed by atoms with Gasteiger partial charge in [0, 0.05) is 19.3 Å². The van der Waals surface area contributed by atoms with Crippen molar-refractivity contribution in [3.8, 4) is 0 Å². The van der Waals surface area contributed by atoms with Gasteiger partial charge >= 0.3 is 9.53 Å². The lowest BCUT2D eigenvalue weighted by atomic mass is 10.2. The lowest BCUT2D eigenvalue weighted by Crippen LogP contribution is -2.31. The summed E-state index contributed by atoms with van der Waals surface area (Å²) >= 11 is 0. The van der Waals surface area contributed by atoms with E-state index in [4.69, 9.17) is 13.3 Å². The highest BCUT2D eigenvalue weighted by Gasteiger charge is 2.16. The van der Waals surface area contributed by atoms with Crippen LogP contribution in [0.25, 0.3) is 0 Å². The molecule has 0 N–H and O–H groups in total. The van der Waals surface area contributed by atoms with E-state index in [9.17, 15) is 0 Å². The molecule has 0 spiro atoms. The zero-order valence-electron chi connectivity index (χ0n) is 9.21. The SMILES string of the molecule is CCCC(C)O[SiH](OCC)OCC. The Morgan fingerprint density at radius 1 is 1.08 bits per heavy atom. The zero-order valence-corrected chi connectivity index (χ0v) is 10.4. The second kappa shape index (κ2) is 8.68. The smallest absolute Gasteiger partial charge is 0.376 e. The minimum absolute atomic E-state index is 0.264. The minimum atomic E-state index is -1.82. The van der Waals surface area contributed by atoms with Gasteiger partial charge < -0.3 is 13.3 Å². The summed E-state index contributed by atoms with van der Waals surface area (Å²) in [5, 5.41) is 0. The third-order valence-corrected chi connectivity index (χ3v) is 3.54. The van der Waals surface area contributed by atoms with Crippen molar-refractivity contribution >= 4 is 9.53 Å². The third-order valence-electron chi connectivity index (χ3n) is 1.64. The molecule has 0 aromatic heterocycles. The molecule has 0 aromatic carbocycles. The predicted molar refractivity (Wildman–Crippen MR) is 55.9 cm³/mol. The highest BCUT2D eigenvalue weighted by Crippen LogP contribution is 2.04. The Balaban J connectivity index is 3.64. The van der Waals surface area contributed by atoms with Crippen molar-refractivity contribution in [2.24, 2.45) is 0 Å². The van der Waals surface area contributed by atoms with Gasteiger partial charge in [-0.25, -0.2) is 0 Å². The molecular formula is C9H22O3Si. The van der Waals surface area contributed by atoms with Crippen LogP contribution < -0.4 is 0 Å². The third kappa shape index (κ3) is 7.19. The largest absolute Gasteiger partial charge is 0.484 e. The van der Waals surface area contributed by atoms with Gasteiger partial charge in [-0.1, -0.05) is 13.3 Å². The molecule has 13 heavy (non-hydrogen) atoms. The first-order valence-electron chi connectivity index (χ1n) is 5.13. The van der Waals surface area contributed by atoms with Gasteiger partial charge in [-0.2, -0.15) is 0 Å². The second-order valence-electron chi connectivity index (χ2n) is 2.93. The van der Waals surface area contributed by atoms with Crippen LogP contribution in [0.15, 0.2) is 0 Å². The van der Waals surface area contributed by atoms with Gasteiger partial charge in [-0.15, -0.1) is 0 Å². The van der Waals surface area contributed by atoms with Gasteiger partial charge in [0.15, 0.2) is 0 Å². The van der Waals surface area contributed by atoms with Gasteiger partial charge in [0.1, 0.15) is 0 Å². The Hall–Kier alpha value is 0.0969. The molecule has 0 saturated heterocycles. The molecule has 3 nitrogen and oxygen atoms in total. The first-order chi connectivity index (χ1) is 6.24. The van der Waals surface area contributed by atoms with E-state index in [1.807, 2.05) is 13.8 Å². The summed E-state index contributed by atoms with van der Waals surface area (Å²) < 4.78 is 16.5. The van der Waals surface area contributed by atoms with E-state index in [1.54, 1.807) is 0 Å². The highest BCUT2D eigenvalue weighted by molar-refractivity contribution is 6.36. The molecule has 0 aliphatic heterocycles. The molecule has 0 aliphatic rings. The van der Waals surface area contributed by atoms with E-state index < -0.39 is 9.53 Å². The highest BCUT2D eigenvalue weighted by atomic mass is 28.3. The van der Waals surface area contributed by atoms with Gasteiger partial charge in [0.25, 0.3) is 0 Å². The molecule has 0 aliphatic carbocycles. The van der Waals surface area contributed by atoms with Crippen molar-refractivity contribution in [3.63, 3.8) is 0 Å². The fraction of sp³-hybridized carbons (Fsp3) is 1.00. The number of hydrogen-bond donors (Lipinski definition) is 0. The summed E-state index contributed by atoms with van der Waals surface area (Å²) in [6.07, 6.45) is 2.48. The van der Waals surface area contributed by atoms with Crippen LogP contribution in [0.4, 0.5) is 0 Å². The monoisotopic (exact) mass is 206 g/mol. The Bertz CT molecular complexity index is 105. The number of hydrogen-bond acceptors (Lipinski definition) is 3. The van der Waals surface area contributed by atoms with E-state index in [0.29, 0.717) is 13.2 Å². The molecular weight excluding hydrogens is 184 g/mol. The Morgan fingerprint density at radius 3 is 2.00 bits per heavy atom. The maximum atomic E-state index is 5.67. The van der Waals surface area contributed by atoms with Gasteiger partial charge in [-0.05, 0) is 27.2 Å². The van der Waals surface area contributed by atoms with E-state index in [2.05, 4.69) is 13.8 Å². The molecule has 0 amide bonds. The van der Waals surface area contributed by atoms with Crippen molar-refractivity contribution in [1.82, 2.24) is 0 Å². The summed E-state index contributed by atoms with van der Waals surface area (Å²) in [6.45, 7) is 9.50. The molecule has 0 heterocycles. The molecule has 80 valence electrons. The first kappa shape index (κ1) is 13.1. The van der Waals surface area contributed by atoms with Crippen molar-refractivity contribution < 1.29 is 13.3 Å². The zero-order chi connectivity index (χ0) is 10.1. The van der Waals surface area contributed by atoms with Crippen LogP contribution in [0, 0.1) is 0 Å². The first-order valence-corrected chi connectivity index (χ1v) is 6.54. The normalized spacial score (nSPS) is 13.6. The van der Waals surface area contributed by atoms with Crippen LogP contribution in [-0.2, 0) is 13.3 Å². The fourth-order valence-electron chi connectivity index (χ4n) is 1.06. The maximum absolute atomic E-state index is 5.67. The molecule has 0 rings (SSSR count). The molecule has 1 atom stereocenters. The van der Waals surface area contributed by atoms with Crippen LogP contribution in [0.2, 0.25) is 0 Å². The molecule has 0 fully saturated rings. The molecule has 0 aromatic rings. The molecule has 4 heteroatoms. The quantitative estimate of drug-likeness (QED) is 0.568. The van der Waals surface area contributed by atoms with Crippen LogP contribution in [-0.4, -0.2) is 28.8 Å². The van der Waals surface area contributed by atoms with E-state index >= 15 is 0 Å². The maximum Gasteiger partial charge on any atom is 0.484 e. The summed E-state index contributed by atoms with van der Waals surface area (Å²) in [4.78, 5) is 0. The summed E-state index contributed by atoms with van der Waals surface area (Å²) in [5.41, 5.74) is 0. The van der Waals surface area contributed by atoms with Crippen LogP contribution >= 0.6 is 0 Å². The van der Waals surface area contributed by atoms with Crippen molar-refractivity contribution in [1.29, 1.82) is 0 Å². The second-order valence-corrected chi connectivity index (χ2v) is 4.45. The lowest BCUT2D eigenvalue weighted by molar-refractivity contribution is 0.0667. The number of rotatable bonds is 8. The summed E-state index contributed by atoms with van der Waals surface area (Å²) in [7, 11) is -1.82. The van der Waals surface area contributed by atoms with Crippen LogP contribution in [0.3, 0.4) is 0 Å². The molecule has 1 unspecified atom stereocenters. The predicted octanol–water partition coefficient (Wildman–Crippen LogP) is 1.98. The van der Waals surface area contributed by atoms with Gasteiger partial charge in [-0.3, -0.25) is 0 Å². The lowest BCUT2D eigenvalue weighted by Gasteiger charge is -2.19. The topological polar surface area (TPSA) is 27.7 Å². The van der Waals surface area contributed by atoms with Crippen molar-refractivity contribution in [3.05, 3.63) is 0 Å². The molecule has 0 saturated carbocycles. The summed E-state index contributed by atoms with van der Waals surface area (Å²) in [6, 6.07) is 0. The summed E-state index contributed by atoms with van der Waals surface area (Å²) in [5.74, 6) is 0. The van der Waals surface area contributed by atoms with Gasteiger partial charge in [0.05, 0.1) is 0 Å². The fourth-order valence-corrected chi connectivity index (χ4v) is 2.38. The van der Waals surface area contributed by atoms with E-state index in [1.165, 1.54) is 0 Å². The van der Waals surface area contributed by atoms with E-state index in [-0.39, 0.29) is 6.10 Å². The van der Waals surface area contributed by atoms with Gasteiger partial charge in [0.2, 0.25) is 0 Å². The Kier molecular flexibility index (Phi) is 8.75. The van der Waals surface area contributed by atoms with Crippen molar-refractivity contribution in [2.75, 3.05) is 13.2 Å². The standard InChI is InChI=1S/C9H22O3Si/c1-5-8-9(4)12-13(10-6-2)11-7-3/h9,13H,5-8H2,1-4H3. The van der Waals surface area contributed by atoms with Crippen LogP contribution in [0.1, 0.15) is 40.5 Å². The molecule has 0 radical (unpaired) electrons. The Labute approximate surface area is 83.3 Å². The van der Waals surface area contributed by atoms with Crippen LogP contribution in [0.5, 0.6) is 0 Å². The minimum Gasteiger partial charge on any atom is -0.376 e. The Morgan fingerprint density at radius 2 is 1.62 bits per heavy atom. The van der Waals surface area contributed by atoms with Crippen molar-refractivity contribution in [2.45, 2.75) is 46.6 Å². The molecule has 0 bridgehead atoms.